The zero-order valence-corrected chi connectivity index (χ0v) is 11.9. The molecule has 1 N–H and O–H groups in total. The van der Waals surface area contributed by atoms with Crippen LogP contribution >= 0.6 is 0 Å². The van der Waals surface area contributed by atoms with E-state index < -0.39 is 0 Å². The molecule has 1 amide bonds. The van der Waals surface area contributed by atoms with E-state index in [1.807, 2.05) is 12.1 Å². The van der Waals surface area contributed by atoms with Gasteiger partial charge in [-0.15, -0.1) is 0 Å². The summed E-state index contributed by atoms with van der Waals surface area (Å²) in [6.45, 7) is 2.69. The molecular formula is C16H18N2O3. The average Bonchev–Trinajstić information content (AvgIpc) is 2.53. The Kier molecular flexibility index (Phi) is 5.58. The highest BCUT2D eigenvalue weighted by atomic mass is 16.5. The molecule has 5 nitrogen and oxygen atoms in total. The maximum Gasteiger partial charge on any atom is 0.262 e. The van der Waals surface area contributed by atoms with E-state index in [1.165, 1.54) is 0 Å². The van der Waals surface area contributed by atoms with Crippen molar-refractivity contribution in [2.24, 2.45) is 0 Å². The van der Waals surface area contributed by atoms with Crippen LogP contribution in [0.2, 0.25) is 0 Å². The zero-order valence-electron chi connectivity index (χ0n) is 11.9. The predicted octanol–water partition coefficient (Wildman–Crippen LogP) is 2.89. The number of carbonyl (C=O) groups is 1. The molecule has 0 saturated carbocycles. The van der Waals surface area contributed by atoms with Crippen molar-refractivity contribution in [1.29, 1.82) is 0 Å². The van der Waals surface area contributed by atoms with Gasteiger partial charge in [0.1, 0.15) is 11.5 Å². The highest BCUT2D eigenvalue weighted by Gasteiger charge is 2.04. The first kappa shape index (κ1) is 14.8. The Balaban J connectivity index is 1.78. The van der Waals surface area contributed by atoms with Crippen molar-refractivity contribution in [3.05, 3.63) is 48.8 Å². The highest BCUT2D eigenvalue weighted by molar-refractivity contribution is 5.91. The van der Waals surface area contributed by atoms with Crippen LogP contribution in [0.5, 0.6) is 11.5 Å². The van der Waals surface area contributed by atoms with Crippen LogP contribution in [-0.4, -0.2) is 24.1 Å². The van der Waals surface area contributed by atoms with Crippen molar-refractivity contribution >= 4 is 11.6 Å². The van der Waals surface area contributed by atoms with Crippen molar-refractivity contribution in [2.75, 3.05) is 18.5 Å². The molecule has 0 saturated heterocycles. The number of hydrogen-bond donors (Lipinski definition) is 1. The van der Waals surface area contributed by atoms with Crippen molar-refractivity contribution in [1.82, 2.24) is 4.98 Å². The van der Waals surface area contributed by atoms with Crippen molar-refractivity contribution in [3.8, 4) is 11.5 Å². The minimum atomic E-state index is -0.227. The largest absolute Gasteiger partial charge is 0.494 e. The van der Waals surface area contributed by atoms with Gasteiger partial charge in [0.05, 0.1) is 18.5 Å². The molecule has 21 heavy (non-hydrogen) atoms. The molecule has 2 aromatic rings. The minimum Gasteiger partial charge on any atom is -0.494 e. The van der Waals surface area contributed by atoms with E-state index in [0.29, 0.717) is 18.0 Å². The Labute approximate surface area is 123 Å². The second-order valence-corrected chi connectivity index (χ2v) is 4.40. The lowest BCUT2D eigenvalue weighted by Gasteiger charge is -2.08. The van der Waals surface area contributed by atoms with E-state index in [2.05, 4.69) is 17.2 Å². The monoisotopic (exact) mass is 286 g/mol. The van der Waals surface area contributed by atoms with Gasteiger partial charge in [-0.05, 0) is 42.8 Å². The fourth-order valence-corrected chi connectivity index (χ4v) is 1.63. The van der Waals surface area contributed by atoms with Gasteiger partial charge >= 0.3 is 0 Å². The molecule has 0 radical (unpaired) electrons. The first-order valence-electron chi connectivity index (χ1n) is 6.83. The molecule has 0 spiro atoms. The zero-order chi connectivity index (χ0) is 14.9. The fourth-order valence-electron chi connectivity index (χ4n) is 1.63. The fraction of sp³-hybridized carbons (Fsp3) is 0.250. The predicted molar refractivity (Wildman–Crippen MR) is 80.6 cm³/mol. The molecule has 1 aromatic heterocycles. The van der Waals surface area contributed by atoms with Crippen molar-refractivity contribution in [2.45, 2.75) is 13.3 Å². The van der Waals surface area contributed by atoms with Gasteiger partial charge in [0.2, 0.25) is 0 Å². The number of anilines is 1. The normalized spacial score (nSPS) is 9.95. The van der Waals surface area contributed by atoms with E-state index in [-0.39, 0.29) is 12.5 Å². The Morgan fingerprint density at radius 3 is 2.48 bits per heavy atom. The summed E-state index contributed by atoms with van der Waals surface area (Å²) < 4.78 is 10.9. The molecule has 110 valence electrons. The number of ether oxygens (including phenoxy) is 2. The Hall–Kier alpha value is -2.56. The summed E-state index contributed by atoms with van der Waals surface area (Å²) in [7, 11) is 0. The number of nitrogens with one attached hydrogen (secondary N) is 1. The van der Waals surface area contributed by atoms with Crippen LogP contribution in [0.4, 0.5) is 5.69 Å². The van der Waals surface area contributed by atoms with E-state index in [4.69, 9.17) is 9.47 Å². The standard InChI is InChI=1S/C16H18N2O3/c1-2-10-20-14-5-7-15(8-6-14)21-12-16(19)18-13-4-3-9-17-11-13/h3-9,11H,2,10,12H2,1H3,(H,18,19). The smallest absolute Gasteiger partial charge is 0.262 e. The van der Waals surface area contributed by atoms with Crippen molar-refractivity contribution in [3.63, 3.8) is 0 Å². The van der Waals surface area contributed by atoms with Crippen LogP contribution in [0.1, 0.15) is 13.3 Å². The summed E-state index contributed by atoms with van der Waals surface area (Å²) in [6.07, 6.45) is 4.19. The third-order valence-corrected chi connectivity index (χ3v) is 2.61. The maximum atomic E-state index is 11.7. The summed E-state index contributed by atoms with van der Waals surface area (Å²) in [5.74, 6) is 1.19. The maximum absolute atomic E-state index is 11.7. The first-order valence-corrected chi connectivity index (χ1v) is 6.83. The lowest BCUT2D eigenvalue weighted by atomic mass is 10.3. The molecule has 0 bridgehead atoms. The second-order valence-electron chi connectivity index (χ2n) is 4.40. The summed E-state index contributed by atoms with van der Waals surface area (Å²) >= 11 is 0. The molecule has 0 aliphatic carbocycles. The number of benzene rings is 1. The van der Waals surface area contributed by atoms with Gasteiger partial charge in [-0.3, -0.25) is 9.78 Å². The van der Waals surface area contributed by atoms with E-state index in [1.54, 1.807) is 36.7 Å². The van der Waals surface area contributed by atoms with Crippen LogP contribution in [0.25, 0.3) is 0 Å². The van der Waals surface area contributed by atoms with E-state index >= 15 is 0 Å². The van der Waals surface area contributed by atoms with Gasteiger partial charge in [0, 0.05) is 6.20 Å². The summed E-state index contributed by atoms with van der Waals surface area (Å²) in [4.78, 5) is 15.6. The SMILES string of the molecule is CCCOc1ccc(OCC(=O)Nc2cccnc2)cc1. The number of nitrogens with zero attached hydrogens (tertiary/aromatic N) is 1. The number of pyridine rings is 1. The Morgan fingerprint density at radius 2 is 1.86 bits per heavy atom. The average molecular weight is 286 g/mol. The van der Waals surface area contributed by atoms with Crippen LogP contribution in [0.3, 0.4) is 0 Å². The minimum absolute atomic E-state index is 0.0515. The van der Waals surface area contributed by atoms with Crippen LogP contribution in [0, 0.1) is 0 Å². The molecule has 2 rings (SSSR count). The molecule has 0 fully saturated rings. The third kappa shape index (κ3) is 5.14. The number of aromatic nitrogens is 1. The van der Waals surface area contributed by atoms with Gasteiger partial charge in [0.15, 0.2) is 6.61 Å². The number of rotatable bonds is 7. The quantitative estimate of drug-likeness (QED) is 0.850. The molecular weight excluding hydrogens is 268 g/mol. The third-order valence-electron chi connectivity index (χ3n) is 2.61. The van der Waals surface area contributed by atoms with Gasteiger partial charge < -0.3 is 14.8 Å². The van der Waals surface area contributed by atoms with Gasteiger partial charge in [0.25, 0.3) is 5.91 Å². The lowest BCUT2D eigenvalue weighted by Crippen LogP contribution is -2.20. The molecule has 0 atom stereocenters. The lowest BCUT2D eigenvalue weighted by molar-refractivity contribution is -0.118. The molecule has 0 aliphatic rings. The molecule has 0 aliphatic heterocycles. The van der Waals surface area contributed by atoms with E-state index in [0.717, 1.165) is 12.2 Å². The highest BCUT2D eigenvalue weighted by Crippen LogP contribution is 2.17. The molecule has 0 unspecified atom stereocenters. The summed E-state index contributed by atoms with van der Waals surface area (Å²) in [5, 5.41) is 2.70. The van der Waals surface area contributed by atoms with Gasteiger partial charge in [-0.2, -0.15) is 0 Å². The first-order chi connectivity index (χ1) is 10.3. The van der Waals surface area contributed by atoms with Crippen LogP contribution < -0.4 is 14.8 Å². The van der Waals surface area contributed by atoms with Crippen molar-refractivity contribution < 1.29 is 14.3 Å². The molecule has 1 heterocycles. The number of carbonyl (C=O) groups excluding carboxylic acids is 1. The molecule has 5 heteroatoms. The van der Waals surface area contributed by atoms with Gasteiger partial charge in [-0.1, -0.05) is 6.92 Å². The topological polar surface area (TPSA) is 60.5 Å². The molecule has 1 aromatic carbocycles. The van der Waals surface area contributed by atoms with E-state index in [9.17, 15) is 4.79 Å². The van der Waals surface area contributed by atoms with Crippen LogP contribution in [0.15, 0.2) is 48.8 Å². The number of amides is 1. The van der Waals surface area contributed by atoms with Crippen LogP contribution in [-0.2, 0) is 4.79 Å². The summed E-state index contributed by atoms with van der Waals surface area (Å²) in [6, 6.07) is 10.7. The number of hydrogen-bond acceptors (Lipinski definition) is 4. The second kappa shape index (κ2) is 7.89. The Bertz CT molecular complexity index is 555. The Morgan fingerprint density at radius 1 is 1.14 bits per heavy atom. The summed E-state index contributed by atoms with van der Waals surface area (Å²) in [5.41, 5.74) is 0.648. The van der Waals surface area contributed by atoms with Gasteiger partial charge in [-0.25, -0.2) is 0 Å².